The van der Waals surface area contributed by atoms with Crippen LogP contribution in [0.5, 0.6) is 34.8 Å². The predicted molar refractivity (Wildman–Crippen MR) is 175 cm³/mol. The SMILES string of the molecule is COC(=O)COc1ncccc1Oc1cc(N)c(F)cc1Cl.COC(=O)COc1ncccc1Oc1cc(NC(=O)CC(C)=O)c(F)cc1Cl. The predicted octanol–water partition coefficient (Wildman–Crippen LogP) is 5.94. The third-order valence-electron chi connectivity index (χ3n) is 5.78. The Morgan fingerprint density at radius 1 is 0.760 bits per heavy atom. The number of nitrogens with one attached hydrogen (secondary N) is 1. The Kier molecular flexibility index (Phi) is 14.5. The number of ether oxygens (including phenoxy) is 6. The van der Waals surface area contributed by atoms with Gasteiger partial charge >= 0.3 is 11.9 Å². The summed E-state index contributed by atoms with van der Waals surface area (Å²) in [6.45, 7) is 0.515. The number of ketones is 1. The van der Waals surface area contributed by atoms with Crippen molar-refractivity contribution in [2.75, 3.05) is 38.5 Å². The highest BCUT2D eigenvalue weighted by molar-refractivity contribution is 6.32. The lowest BCUT2D eigenvalue weighted by Crippen LogP contribution is -2.15. The number of amides is 1. The number of benzene rings is 2. The van der Waals surface area contributed by atoms with Gasteiger partial charge in [0.2, 0.25) is 5.91 Å². The fraction of sp³-hybridized carbons (Fsp3) is 0.188. The molecule has 0 atom stereocenters. The lowest BCUT2D eigenvalue weighted by Gasteiger charge is -2.13. The molecule has 14 nitrogen and oxygen atoms in total. The first-order valence-electron chi connectivity index (χ1n) is 14.0. The number of pyridine rings is 2. The lowest BCUT2D eigenvalue weighted by molar-refractivity contribution is -0.143. The van der Waals surface area contributed by atoms with Crippen LogP contribution >= 0.6 is 23.2 Å². The molecule has 4 aromatic rings. The van der Waals surface area contributed by atoms with Gasteiger partial charge in [-0.2, -0.15) is 0 Å². The average Bonchev–Trinajstić information content (AvgIpc) is 3.08. The van der Waals surface area contributed by atoms with E-state index < -0.39 is 42.5 Å². The lowest BCUT2D eigenvalue weighted by atomic mass is 10.2. The largest absolute Gasteiger partial charge is 0.466 e. The van der Waals surface area contributed by atoms with Crippen molar-refractivity contribution in [3.8, 4) is 34.8 Å². The number of carbonyl (C=O) groups is 4. The zero-order valence-corrected chi connectivity index (χ0v) is 28.0. The summed E-state index contributed by atoms with van der Waals surface area (Å²) >= 11 is 11.9. The fourth-order valence-electron chi connectivity index (χ4n) is 3.48. The molecule has 0 bridgehead atoms. The first kappa shape index (κ1) is 38.7. The molecule has 0 unspecified atom stereocenters. The third kappa shape index (κ3) is 11.7. The van der Waals surface area contributed by atoms with Gasteiger partial charge in [-0.15, -0.1) is 0 Å². The summed E-state index contributed by atoms with van der Waals surface area (Å²) in [5.41, 5.74) is 5.15. The van der Waals surface area contributed by atoms with Crippen molar-refractivity contribution in [1.29, 1.82) is 0 Å². The second kappa shape index (κ2) is 18.7. The van der Waals surface area contributed by atoms with Gasteiger partial charge in [-0.05, 0) is 43.3 Å². The summed E-state index contributed by atoms with van der Waals surface area (Å²) in [6, 6.07) is 10.6. The van der Waals surface area contributed by atoms with Crippen LogP contribution in [0.2, 0.25) is 10.0 Å². The van der Waals surface area contributed by atoms with Crippen LogP contribution < -0.4 is 30.0 Å². The number of anilines is 2. The third-order valence-corrected chi connectivity index (χ3v) is 6.37. The number of carbonyl (C=O) groups excluding carboxylic acids is 4. The molecule has 1 amide bonds. The van der Waals surface area contributed by atoms with Crippen LogP contribution in [-0.2, 0) is 28.7 Å². The van der Waals surface area contributed by atoms with Gasteiger partial charge in [0.05, 0.1) is 42.1 Å². The smallest absolute Gasteiger partial charge is 0.343 e. The molecule has 2 heterocycles. The Bertz CT molecular complexity index is 1870. The second-order valence-electron chi connectivity index (χ2n) is 9.54. The van der Waals surface area contributed by atoms with E-state index in [-0.39, 0.29) is 68.6 Å². The average molecular weight is 737 g/mol. The summed E-state index contributed by atoms with van der Waals surface area (Å²) in [5.74, 6) is -3.22. The van der Waals surface area contributed by atoms with Crippen molar-refractivity contribution in [1.82, 2.24) is 9.97 Å². The van der Waals surface area contributed by atoms with Crippen molar-refractivity contribution < 1.29 is 56.4 Å². The number of nitrogens with zero attached hydrogens (tertiary/aromatic N) is 2. The monoisotopic (exact) mass is 736 g/mol. The highest BCUT2D eigenvalue weighted by atomic mass is 35.5. The summed E-state index contributed by atoms with van der Waals surface area (Å²) in [4.78, 5) is 52.9. The number of esters is 2. The molecule has 0 fully saturated rings. The van der Waals surface area contributed by atoms with Crippen LogP contribution in [0.4, 0.5) is 20.2 Å². The van der Waals surface area contributed by atoms with E-state index in [0.717, 1.165) is 18.2 Å². The molecule has 264 valence electrons. The molecular formula is C32H28Cl2F2N4O10. The minimum atomic E-state index is -0.803. The first-order valence-corrected chi connectivity index (χ1v) is 14.7. The number of rotatable bonds is 13. The molecule has 0 radical (unpaired) electrons. The molecule has 4 rings (SSSR count). The van der Waals surface area contributed by atoms with Crippen molar-refractivity contribution in [3.63, 3.8) is 0 Å². The van der Waals surface area contributed by atoms with Crippen LogP contribution in [-0.4, -0.2) is 61.0 Å². The quantitative estimate of drug-likeness (QED) is 0.0934. The number of hydrogen-bond donors (Lipinski definition) is 2. The van der Waals surface area contributed by atoms with E-state index in [1.54, 1.807) is 18.2 Å². The number of aromatic nitrogens is 2. The van der Waals surface area contributed by atoms with Crippen LogP contribution in [0.1, 0.15) is 13.3 Å². The Labute approximate surface area is 293 Å². The van der Waals surface area contributed by atoms with E-state index in [2.05, 4.69) is 24.8 Å². The summed E-state index contributed by atoms with van der Waals surface area (Å²) < 4.78 is 57.8. The molecule has 0 spiro atoms. The Hall–Kier alpha value is -5.74. The molecule has 0 aliphatic carbocycles. The van der Waals surface area contributed by atoms with Gasteiger partial charge < -0.3 is 39.5 Å². The van der Waals surface area contributed by atoms with Gasteiger partial charge in [0.1, 0.15) is 28.9 Å². The van der Waals surface area contributed by atoms with E-state index in [1.165, 1.54) is 45.7 Å². The van der Waals surface area contributed by atoms with E-state index in [0.29, 0.717) is 0 Å². The highest BCUT2D eigenvalue weighted by Crippen LogP contribution is 2.37. The molecule has 2 aromatic carbocycles. The zero-order valence-electron chi connectivity index (χ0n) is 26.5. The highest BCUT2D eigenvalue weighted by Gasteiger charge is 2.17. The van der Waals surface area contributed by atoms with E-state index in [1.807, 2.05) is 0 Å². The first-order chi connectivity index (χ1) is 23.8. The minimum Gasteiger partial charge on any atom is -0.466 e. The Balaban J connectivity index is 0.000000278. The molecule has 2 aromatic heterocycles. The molecule has 3 N–H and O–H groups in total. The maximum Gasteiger partial charge on any atom is 0.343 e. The number of hydrogen-bond acceptors (Lipinski definition) is 13. The van der Waals surface area contributed by atoms with Crippen LogP contribution in [0.15, 0.2) is 60.9 Å². The van der Waals surface area contributed by atoms with E-state index >= 15 is 0 Å². The van der Waals surface area contributed by atoms with Crippen molar-refractivity contribution >= 4 is 58.2 Å². The van der Waals surface area contributed by atoms with Crippen molar-refractivity contribution in [3.05, 3.63) is 82.6 Å². The van der Waals surface area contributed by atoms with Gasteiger partial charge in [-0.1, -0.05) is 23.2 Å². The molecular weight excluding hydrogens is 709 g/mol. The number of nitrogens with two attached hydrogens (primary N) is 1. The molecule has 0 saturated carbocycles. The summed E-state index contributed by atoms with van der Waals surface area (Å²) in [7, 11) is 2.45. The Morgan fingerprint density at radius 3 is 1.72 bits per heavy atom. The fourth-order valence-corrected chi connectivity index (χ4v) is 3.86. The topological polar surface area (TPSA) is 187 Å². The molecule has 18 heteroatoms. The van der Waals surface area contributed by atoms with Gasteiger partial charge in [0, 0.05) is 24.5 Å². The van der Waals surface area contributed by atoms with Gasteiger partial charge in [-0.3, -0.25) is 9.59 Å². The van der Waals surface area contributed by atoms with Crippen LogP contribution in [0, 0.1) is 11.6 Å². The van der Waals surface area contributed by atoms with Crippen molar-refractivity contribution in [2.45, 2.75) is 13.3 Å². The second-order valence-corrected chi connectivity index (χ2v) is 10.4. The maximum atomic E-state index is 14.1. The number of nitrogen functional groups attached to an aromatic ring is 1. The van der Waals surface area contributed by atoms with Crippen molar-refractivity contribution in [2.24, 2.45) is 0 Å². The standard InChI is InChI=1S/C18H16ClFN2O6.C14H12ClFN2O4/c1-10(23)6-16(24)22-13-8-15(11(19)7-12(13)20)28-14-4-3-5-21-18(14)27-9-17(25)26-2;1-20-13(19)7-21-14-11(3-2-4-18-14)22-12-6-10(17)9(16)5-8(12)15/h3-5,7-8H,6,9H2,1-2H3,(H,22,24);2-6H,7,17H2,1H3. The van der Waals surface area contributed by atoms with Gasteiger partial charge in [0.25, 0.3) is 11.8 Å². The molecule has 0 aliphatic heterocycles. The van der Waals surface area contributed by atoms with Crippen LogP contribution in [0.3, 0.4) is 0 Å². The Morgan fingerprint density at radius 2 is 1.24 bits per heavy atom. The van der Waals surface area contributed by atoms with Gasteiger partial charge in [0.15, 0.2) is 24.7 Å². The molecule has 50 heavy (non-hydrogen) atoms. The van der Waals surface area contributed by atoms with Gasteiger partial charge in [-0.25, -0.2) is 28.3 Å². The maximum absolute atomic E-state index is 14.1. The minimum absolute atomic E-state index is 0.00268. The number of Topliss-reactive ketones (excluding diaryl/α,β-unsaturated/α-hetero) is 1. The van der Waals surface area contributed by atoms with E-state index in [9.17, 15) is 28.0 Å². The number of halogens is 4. The summed E-state index contributed by atoms with van der Waals surface area (Å²) in [5, 5.41) is 2.23. The molecule has 0 aliphatic rings. The number of methoxy groups -OCH3 is 2. The molecule has 0 saturated heterocycles. The normalized spacial score (nSPS) is 10.1. The van der Waals surface area contributed by atoms with Crippen LogP contribution in [0.25, 0.3) is 0 Å². The van der Waals surface area contributed by atoms with E-state index in [4.69, 9.17) is 47.9 Å². The zero-order chi connectivity index (χ0) is 36.8. The summed E-state index contributed by atoms with van der Waals surface area (Å²) in [6.07, 6.45) is 2.48.